The topological polar surface area (TPSA) is 90.8 Å². The van der Waals surface area contributed by atoms with Crippen LogP contribution in [0.25, 0.3) is 0 Å². The molecule has 1 aromatic heterocycles. The number of anilines is 1. The summed E-state index contributed by atoms with van der Waals surface area (Å²) >= 11 is 0. The minimum atomic E-state index is -1.20. The number of rotatable bonds is 4. The average molecular weight is 371 g/mol. The first-order valence-electron chi connectivity index (χ1n) is 8.41. The normalized spacial score (nSPS) is 14.1. The Kier molecular flexibility index (Phi) is 5.16. The second-order valence-electron chi connectivity index (χ2n) is 6.24. The average Bonchev–Trinajstić information content (AvgIpc) is 2.67. The van der Waals surface area contributed by atoms with E-state index in [0.717, 1.165) is 0 Å². The molecular weight excluding hydrogens is 353 g/mol. The highest BCUT2D eigenvalue weighted by atomic mass is 19.1. The number of Topliss-reactive ketones (excluding diaryl/α,β-unsaturated/α-hetero) is 1. The summed E-state index contributed by atoms with van der Waals surface area (Å²) in [6.45, 7) is 2.99. The molecular formula is C19H18FN3O4. The van der Waals surface area contributed by atoms with Crippen LogP contribution in [0.5, 0.6) is 0 Å². The molecule has 1 fully saturated rings. The number of aromatic carboxylic acids is 1. The second-order valence-corrected chi connectivity index (χ2v) is 6.24. The summed E-state index contributed by atoms with van der Waals surface area (Å²) in [5, 5.41) is 8.99. The molecule has 0 saturated carbocycles. The molecule has 1 aliphatic rings. The van der Waals surface area contributed by atoms with E-state index in [2.05, 4.69) is 4.98 Å². The van der Waals surface area contributed by atoms with Gasteiger partial charge < -0.3 is 14.9 Å². The molecule has 1 aliphatic heterocycles. The largest absolute Gasteiger partial charge is 0.477 e. The van der Waals surface area contributed by atoms with Crippen molar-refractivity contribution in [3.63, 3.8) is 0 Å². The zero-order valence-electron chi connectivity index (χ0n) is 14.7. The lowest BCUT2D eigenvalue weighted by molar-refractivity contribution is 0.0690. The van der Waals surface area contributed by atoms with Crippen LogP contribution in [0.15, 0.2) is 36.5 Å². The third-order valence-electron chi connectivity index (χ3n) is 4.49. The Hall–Kier alpha value is -3.29. The van der Waals surface area contributed by atoms with E-state index in [1.54, 1.807) is 17.0 Å². The lowest BCUT2D eigenvalue weighted by Crippen LogP contribution is -2.49. The number of carbonyl (C=O) groups excluding carboxylic acids is 2. The number of aromatic nitrogens is 1. The van der Waals surface area contributed by atoms with E-state index in [4.69, 9.17) is 5.11 Å². The van der Waals surface area contributed by atoms with Gasteiger partial charge in [-0.25, -0.2) is 14.2 Å². The summed E-state index contributed by atoms with van der Waals surface area (Å²) < 4.78 is 14.3. The highest BCUT2D eigenvalue weighted by molar-refractivity contribution is 5.97. The van der Waals surface area contributed by atoms with E-state index in [1.807, 2.05) is 4.90 Å². The second kappa shape index (κ2) is 7.53. The van der Waals surface area contributed by atoms with Gasteiger partial charge in [0.2, 0.25) is 0 Å². The van der Waals surface area contributed by atoms with Gasteiger partial charge in [-0.1, -0.05) is 0 Å². The van der Waals surface area contributed by atoms with Gasteiger partial charge in [-0.05, 0) is 37.3 Å². The summed E-state index contributed by atoms with van der Waals surface area (Å²) in [5.41, 5.74) is 0.779. The molecule has 0 bridgehead atoms. The van der Waals surface area contributed by atoms with Crippen LogP contribution < -0.4 is 4.90 Å². The van der Waals surface area contributed by atoms with Crippen LogP contribution >= 0.6 is 0 Å². The van der Waals surface area contributed by atoms with Gasteiger partial charge in [0.25, 0.3) is 5.91 Å². The molecule has 140 valence electrons. The lowest BCUT2D eigenvalue weighted by Gasteiger charge is -2.36. The van der Waals surface area contributed by atoms with Crippen molar-refractivity contribution < 1.29 is 23.9 Å². The maximum Gasteiger partial charge on any atom is 0.354 e. The number of carboxylic acid groups (broad SMARTS) is 1. The highest BCUT2D eigenvalue weighted by Gasteiger charge is 2.24. The molecule has 0 aliphatic carbocycles. The van der Waals surface area contributed by atoms with Crippen molar-refractivity contribution in [3.8, 4) is 0 Å². The summed E-state index contributed by atoms with van der Waals surface area (Å²) in [6.07, 6.45) is 1.29. The Morgan fingerprint density at radius 3 is 2.33 bits per heavy atom. The number of ketones is 1. The first-order chi connectivity index (χ1) is 12.9. The first-order valence-corrected chi connectivity index (χ1v) is 8.41. The molecule has 0 spiro atoms. The maximum absolute atomic E-state index is 14.3. The minimum absolute atomic E-state index is 0.188. The van der Waals surface area contributed by atoms with E-state index in [1.165, 1.54) is 31.3 Å². The quantitative estimate of drug-likeness (QED) is 0.828. The minimum Gasteiger partial charge on any atom is -0.477 e. The van der Waals surface area contributed by atoms with E-state index in [9.17, 15) is 18.8 Å². The van der Waals surface area contributed by atoms with E-state index >= 15 is 0 Å². The van der Waals surface area contributed by atoms with Crippen LogP contribution in [0.4, 0.5) is 10.1 Å². The van der Waals surface area contributed by atoms with Crippen LogP contribution in [0.2, 0.25) is 0 Å². The number of hydrogen-bond donors (Lipinski definition) is 1. The number of amides is 1. The Morgan fingerprint density at radius 2 is 1.74 bits per heavy atom. The fraction of sp³-hybridized carbons (Fsp3) is 0.263. The van der Waals surface area contributed by atoms with Crippen molar-refractivity contribution in [1.82, 2.24) is 9.88 Å². The number of hydrogen-bond acceptors (Lipinski definition) is 5. The van der Waals surface area contributed by atoms with Crippen LogP contribution in [-0.2, 0) is 0 Å². The van der Waals surface area contributed by atoms with E-state index in [-0.39, 0.29) is 22.9 Å². The molecule has 27 heavy (non-hydrogen) atoms. The number of piperazine rings is 1. The summed E-state index contributed by atoms with van der Waals surface area (Å²) in [7, 11) is 0. The van der Waals surface area contributed by atoms with Crippen LogP contribution in [0.3, 0.4) is 0 Å². The van der Waals surface area contributed by atoms with Gasteiger partial charge in [0.15, 0.2) is 5.78 Å². The van der Waals surface area contributed by atoms with Gasteiger partial charge >= 0.3 is 5.97 Å². The molecule has 2 heterocycles. The molecule has 1 aromatic carbocycles. The van der Waals surface area contributed by atoms with Gasteiger partial charge in [0.05, 0.1) is 5.69 Å². The van der Waals surface area contributed by atoms with Crippen LogP contribution in [0, 0.1) is 5.82 Å². The van der Waals surface area contributed by atoms with Crippen molar-refractivity contribution in [2.75, 3.05) is 31.1 Å². The highest BCUT2D eigenvalue weighted by Crippen LogP contribution is 2.23. The molecule has 3 rings (SSSR count). The molecule has 7 nitrogen and oxygen atoms in total. The first kappa shape index (κ1) is 18.5. The Balaban J connectivity index is 1.68. The van der Waals surface area contributed by atoms with Crippen molar-refractivity contribution in [2.24, 2.45) is 0 Å². The molecule has 8 heteroatoms. The Bertz CT molecular complexity index is 908. The summed E-state index contributed by atoms with van der Waals surface area (Å²) in [6, 6.07) is 7.10. The number of carbonyl (C=O) groups is 3. The standard InChI is InChI=1S/C19H18FN3O4/c1-12(24)13-2-3-17(15(20)10-13)22-6-8-23(9-7-22)18(25)14-4-5-21-16(11-14)19(26)27/h2-5,10-11H,6-9H2,1H3,(H,26,27). The zero-order chi connectivity index (χ0) is 19.6. The van der Waals surface area contributed by atoms with Gasteiger partial charge in [-0.2, -0.15) is 0 Å². The molecule has 2 aromatic rings. The lowest BCUT2D eigenvalue weighted by atomic mass is 10.1. The molecule has 1 N–H and O–H groups in total. The number of halogens is 1. The number of benzene rings is 1. The van der Waals surface area contributed by atoms with Crippen molar-refractivity contribution in [1.29, 1.82) is 0 Å². The molecule has 0 radical (unpaired) electrons. The SMILES string of the molecule is CC(=O)c1ccc(N2CCN(C(=O)c3ccnc(C(=O)O)c3)CC2)c(F)c1. The van der Waals surface area contributed by atoms with E-state index < -0.39 is 11.8 Å². The Labute approximate surface area is 155 Å². The molecule has 1 saturated heterocycles. The molecule has 1 amide bonds. The van der Waals surface area contributed by atoms with Gasteiger partial charge in [-0.3, -0.25) is 9.59 Å². The van der Waals surface area contributed by atoms with Gasteiger partial charge in [0.1, 0.15) is 11.5 Å². The fourth-order valence-corrected chi connectivity index (χ4v) is 3.00. The van der Waals surface area contributed by atoms with Gasteiger partial charge in [0, 0.05) is 43.5 Å². The number of carboxylic acids is 1. The van der Waals surface area contributed by atoms with Crippen molar-refractivity contribution >= 4 is 23.3 Å². The third kappa shape index (κ3) is 3.94. The fourth-order valence-electron chi connectivity index (χ4n) is 3.00. The smallest absolute Gasteiger partial charge is 0.354 e. The third-order valence-corrected chi connectivity index (χ3v) is 4.49. The predicted octanol–water partition coefficient (Wildman–Crippen LogP) is 2.08. The maximum atomic E-state index is 14.3. The molecule has 0 unspecified atom stereocenters. The summed E-state index contributed by atoms with van der Waals surface area (Å²) in [4.78, 5) is 42.0. The molecule has 0 atom stereocenters. The predicted molar refractivity (Wildman–Crippen MR) is 95.7 cm³/mol. The number of nitrogens with zero attached hydrogens (tertiary/aromatic N) is 3. The van der Waals surface area contributed by atoms with Crippen molar-refractivity contribution in [3.05, 3.63) is 59.2 Å². The van der Waals surface area contributed by atoms with Crippen LogP contribution in [-0.4, -0.2) is 58.8 Å². The van der Waals surface area contributed by atoms with E-state index in [0.29, 0.717) is 37.4 Å². The van der Waals surface area contributed by atoms with Crippen molar-refractivity contribution in [2.45, 2.75) is 6.92 Å². The zero-order valence-corrected chi connectivity index (χ0v) is 14.7. The van der Waals surface area contributed by atoms with Crippen LogP contribution in [0.1, 0.15) is 38.1 Å². The monoisotopic (exact) mass is 371 g/mol. The van der Waals surface area contributed by atoms with Gasteiger partial charge in [-0.15, -0.1) is 0 Å². The Morgan fingerprint density at radius 1 is 1.04 bits per heavy atom. The number of pyridine rings is 1. The summed E-state index contributed by atoms with van der Waals surface area (Å²) in [5.74, 6) is -2.15.